The normalized spacial score (nSPS) is 18.5. The lowest BCUT2D eigenvalue weighted by Gasteiger charge is -2.32. The summed E-state index contributed by atoms with van der Waals surface area (Å²) in [7, 11) is 2.19. The van der Waals surface area contributed by atoms with Crippen LogP contribution in [-0.2, 0) is 17.8 Å². The van der Waals surface area contributed by atoms with Gasteiger partial charge in [0, 0.05) is 50.1 Å². The second kappa shape index (κ2) is 10.9. The Labute approximate surface area is 222 Å². The smallest absolute Gasteiger partial charge is 0.158 e. The van der Waals surface area contributed by atoms with Crippen molar-refractivity contribution in [1.82, 2.24) is 24.9 Å². The fourth-order valence-corrected chi connectivity index (χ4v) is 6.43. The zero-order valence-electron chi connectivity index (χ0n) is 21.5. The molecule has 192 valence electrons. The van der Waals surface area contributed by atoms with Crippen LogP contribution >= 0.6 is 11.3 Å². The third kappa shape index (κ3) is 5.41. The Bertz CT molecular complexity index is 1330. The molecule has 37 heavy (non-hydrogen) atoms. The molecule has 2 fully saturated rings. The molecule has 4 aromatic rings. The lowest BCUT2D eigenvalue weighted by atomic mass is 9.97. The highest BCUT2D eigenvalue weighted by atomic mass is 32.1. The summed E-state index contributed by atoms with van der Waals surface area (Å²) in [6.45, 7) is 7.50. The lowest BCUT2D eigenvalue weighted by molar-refractivity contribution is -0.123. The van der Waals surface area contributed by atoms with Gasteiger partial charge >= 0.3 is 0 Å². The number of piperazine rings is 1. The summed E-state index contributed by atoms with van der Waals surface area (Å²) in [5.74, 6) is 0.276. The van der Waals surface area contributed by atoms with Gasteiger partial charge in [-0.05, 0) is 78.6 Å². The number of aromatic nitrogens is 2. The number of hydrogen-bond acceptors (Lipinski definition) is 6. The van der Waals surface area contributed by atoms with Gasteiger partial charge in [-0.25, -0.2) is 0 Å². The number of carbonyl (C=O) groups excluding carboxylic acids is 1. The number of carbonyl (C=O) groups is 1. The predicted octanol–water partition coefficient (Wildman–Crippen LogP) is 4.99. The molecule has 2 aromatic carbocycles. The Balaban J connectivity index is 1.20. The molecule has 6 nitrogen and oxygen atoms in total. The van der Waals surface area contributed by atoms with Crippen LogP contribution in [0.1, 0.15) is 35.6 Å². The summed E-state index contributed by atoms with van der Waals surface area (Å²) in [6, 6.07) is 17.1. The first-order valence-corrected chi connectivity index (χ1v) is 14.3. The van der Waals surface area contributed by atoms with Gasteiger partial charge in [-0.3, -0.25) is 19.7 Å². The molecule has 2 aliphatic rings. The number of fused-ring (bicyclic) bond motifs is 1. The Morgan fingerprint density at radius 2 is 1.73 bits per heavy atom. The third-order valence-corrected chi connectivity index (χ3v) is 8.61. The van der Waals surface area contributed by atoms with Crippen LogP contribution < -0.4 is 0 Å². The maximum Gasteiger partial charge on any atom is 0.158 e. The van der Waals surface area contributed by atoms with Crippen molar-refractivity contribution in [2.24, 2.45) is 0 Å². The molecule has 4 heterocycles. The third-order valence-electron chi connectivity index (χ3n) is 7.90. The highest BCUT2D eigenvalue weighted by Crippen LogP contribution is 2.31. The first-order valence-electron chi connectivity index (χ1n) is 13.4. The van der Waals surface area contributed by atoms with E-state index in [1.807, 2.05) is 0 Å². The number of hydrogen-bond donors (Lipinski definition) is 1. The van der Waals surface area contributed by atoms with Crippen molar-refractivity contribution >= 4 is 28.0 Å². The van der Waals surface area contributed by atoms with Gasteiger partial charge in [0.05, 0.1) is 17.3 Å². The standard InChI is InChI=1S/C30H35N5OS/c1-33-13-15-34(16-14-33)20-22-4-7-24(8-5-22)29-26-18-23(6-9-27(26)31-32-29)19-28(36)30(25-10-17-37-21-25)35-11-2-3-12-35/h4-10,17-18,21,30H,2-3,11-16,19-20H2,1H3,(H,31,32). The molecule has 1 unspecified atom stereocenters. The fourth-order valence-electron chi connectivity index (χ4n) is 5.75. The average molecular weight is 514 g/mol. The zero-order chi connectivity index (χ0) is 25.2. The number of nitrogens with one attached hydrogen (secondary N) is 1. The SMILES string of the molecule is CN1CCN(Cc2ccc(-c3n[nH]c4ccc(CC(=O)C(c5ccsc5)N5CCCC5)cc34)cc2)CC1. The highest BCUT2D eigenvalue weighted by molar-refractivity contribution is 7.08. The van der Waals surface area contributed by atoms with Crippen molar-refractivity contribution in [2.75, 3.05) is 46.3 Å². The fraction of sp³-hybridized carbons (Fsp3) is 0.400. The zero-order valence-corrected chi connectivity index (χ0v) is 22.3. The van der Waals surface area contributed by atoms with Crippen molar-refractivity contribution < 1.29 is 4.79 Å². The van der Waals surface area contributed by atoms with Crippen LogP contribution in [0.15, 0.2) is 59.3 Å². The largest absolute Gasteiger partial charge is 0.304 e. The Morgan fingerprint density at radius 3 is 2.46 bits per heavy atom. The number of benzene rings is 2. The van der Waals surface area contributed by atoms with Gasteiger partial charge in [0.2, 0.25) is 0 Å². The minimum atomic E-state index is -0.138. The molecule has 2 aliphatic heterocycles. The van der Waals surface area contributed by atoms with E-state index in [4.69, 9.17) is 0 Å². The van der Waals surface area contributed by atoms with E-state index in [1.54, 1.807) is 11.3 Å². The molecule has 0 saturated carbocycles. The van der Waals surface area contributed by atoms with Gasteiger partial charge in [-0.2, -0.15) is 16.4 Å². The van der Waals surface area contributed by atoms with Gasteiger partial charge in [-0.15, -0.1) is 0 Å². The van der Waals surface area contributed by atoms with E-state index in [0.29, 0.717) is 6.42 Å². The Hall–Kier alpha value is -2.84. The molecule has 2 aromatic heterocycles. The lowest BCUT2D eigenvalue weighted by Crippen LogP contribution is -2.43. The second-order valence-electron chi connectivity index (χ2n) is 10.6. The number of ketones is 1. The van der Waals surface area contributed by atoms with Crippen molar-refractivity contribution in [3.05, 3.63) is 76.0 Å². The Kier molecular flexibility index (Phi) is 7.20. The number of nitrogens with zero attached hydrogens (tertiary/aromatic N) is 4. The van der Waals surface area contributed by atoms with Gasteiger partial charge < -0.3 is 4.90 Å². The maximum absolute atomic E-state index is 13.6. The summed E-state index contributed by atoms with van der Waals surface area (Å²) < 4.78 is 0. The van der Waals surface area contributed by atoms with Crippen LogP contribution in [0.5, 0.6) is 0 Å². The van der Waals surface area contributed by atoms with Crippen LogP contribution in [0, 0.1) is 0 Å². The number of aromatic amines is 1. The number of thiophene rings is 1. The molecule has 2 saturated heterocycles. The summed E-state index contributed by atoms with van der Waals surface area (Å²) >= 11 is 1.67. The van der Waals surface area contributed by atoms with Crippen LogP contribution in [0.4, 0.5) is 0 Å². The molecule has 1 N–H and O–H groups in total. The van der Waals surface area contributed by atoms with Crippen molar-refractivity contribution in [3.63, 3.8) is 0 Å². The van der Waals surface area contributed by atoms with Crippen molar-refractivity contribution in [2.45, 2.75) is 31.8 Å². The van der Waals surface area contributed by atoms with Crippen LogP contribution in [0.2, 0.25) is 0 Å². The van der Waals surface area contributed by atoms with Crippen molar-refractivity contribution in [3.8, 4) is 11.3 Å². The average Bonchev–Trinajstić information content (AvgIpc) is 3.69. The topological polar surface area (TPSA) is 55.5 Å². The highest BCUT2D eigenvalue weighted by Gasteiger charge is 2.30. The minimum Gasteiger partial charge on any atom is -0.304 e. The molecule has 6 rings (SSSR count). The first-order chi connectivity index (χ1) is 18.1. The quantitative estimate of drug-likeness (QED) is 0.360. The van der Waals surface area contributed by atoms with E-state index in [1.165, 1.54) is 18.4 Å². The summed E-state index contributed by atoms with van der Waals surface area (Å²) in [5, 5.41) is 13.1. The minimum absolute atomic E-state index is 0.138. The van der Waals surface area contributed by atoms with Crippen molar-refractivity contribution in [1.29, 1.82) is 0 Å². The molecule has 0 bridgehead atoms. The van der Waals surface area contributed by atoms with E-state index in [-0.39, 0.29) is 11.8 Å². The predicted molar refractivity (Wildman–Crippen MR) is 151 cm³/mol. The van der Waals surface area contributed by atoms with Crippen LogP contribution in [0.25, 0.3) is 22.2 Å². The van der Waals surface area contributed by atoms with Crippen LogP contribution in [-0.4, -0.2) is 77.0 Å². The number of Topliss-reactive ketones (excluding diaryl/α,β-unsaturated/α-hetero) is 1. The molecule has 0 spiro atoms. The van der Waals surface area contributed by atoms with Gasteiger partial charge in [-0.1, -0.05) is 30.3 Å². The van der Waals surface area contributed by atoms with Gasteiger partial charge in [0.1, 0.15) is 0 Å². The summed E-state index contributed by atoms with van der Waals surface area (Å²) in [5.41, 5.74) is 6.57. The van der Waals surface area contributed by atoms with E-state index in [9.17, 15) is 4.79 Å². The molecular weight excluding hydrogens is 478 g/mol. The molecule has 0 radical (unpaired) electrons. The number of rotatable bonds is 8. The number of H-pyrrole nitrogens is 1. The summed E-state index contributed by atoms with van der Waals surface area (Å²) in [6.07, 6.45) is 2.78. The summed E-state index contributed by atoms with van der Waals surface area (Å²) in [4.78, 5) is 20.8. The van der Waals surface area contributed by atoms with Gasteiger partial charge in [0.25, 0.3) is 0 Å². The molecule has 7 heteroatoms. The van der Waals surface area contributed by atoms with E-state index >= 15 is 0 Å². The second-order valence-corrected chi connectivity index (χ2v) is 11.4. The number of likely N-dealkylation sites (tertiary alicyclic amines) is 1. The number of likely N-dealkylation sites (N-methyl/N-ethyl adjacent to an activating group) is 1. The van der Waals surface area contributed by atoms with Crippen LogP contribution in [0.3, 0.4) is 0 Å². The monoisotopic (exact) mass is 513 g/mol. The first kappa shape index (κ1) is 24.5. The van der Waals surface area contributed by atoms with E-state index in [0.717, 1.165) is 79.1 Å². The molecule has 0 amide bonds. The molecule has 0 aliphatic carbocycles. The van der Waals surface area contributed by atoms with Gasteiger partial charge in [0.15, 0.2) is 5.78 Å². The van der Waals surface area contributed by atoms with E-state index in [2.05, 4.69) is 91.2 Å². The maximum atomic E-state index is 13.6. The Morgan fingerprint density at radius 1 is 0.973 bits per heavy atom. The molecular formula is C30H35N5OS. The van der Waals surface area contributed by atoms with E-state index < -0.39 is 0 Å². The molecule has 1 atom stereocenters.